The van der Waals surface area contributed by atoms with Gasteiger partial charge in [0.15, 0.2) is 5.78 Å². The second-order valence-electron chi connectivity index (χ2n) is 6.11. The summed E-state index contributed by atoms with van der Waals surface area (Å²) in [6.07, 6.45) is 0.353. The first-order chi connectivity index (χ1) is 11.2. The normalized spacial score (nSPS) is 10.8. The number of nitrogens with zero attached hydrogens (tertiary/aromatic N) is 2. The van der Waals surface area contributed by atoms with Gasteiger partial charge >= 0.3 is 5.97 Å². The van der Waals surface area contributed by atoms with E-state index in [0.29, 0.717) is 28.9 Å². The molecule has 0 atom stereocenters. The number of aromatic nitrogens is 1. The Morgan fingerprint density at radius 3 is 2.21 bits per heavy atom. The summed E-state index contributed by atoms with van der Waals surface area (Å²) in [5.41, 5.74) is 2.19. The summed E-state index contributed by atoms with van der Waals surface area (Å²) in [5.74, 6) is -0.660. The molecule has 0 fully saturated rings. The Kier molecular flexibility index (Phi) is 6.75. The van der Waals surface area contributed by atoms with Gasteiger partial charge in [0.1, 0.15) is 5.69 Å². The minimum Gasteiger partial charge on any atom is -0.461 e. The van der Waals surface area contributed by atoms with Gasteiger partial charge in [-0.3, -0.25) is 9.59 Å². The van der Waals surface area contributed by atoms with E-state index in [1.807, 2.05) is 13.8 Å². The Labute approximate surface area is 143 Å². The molecule has 0 saturated carbocycles. The second kappa shape index (κ2) is 8.13. The highest BCUT2D eigenvalue weighted by atomic mass is 16.5. The van der Waals surface area contributed by atoms with Gasteiger partial charge in [-0.05, 0) is 40.2 Å². The summed E-state index contributed by atoms with van der Waals surface area (Å²) in [4.78, 5) is 38.6. The zero-order chi connectivity index (χ0) is 18.6. The molecule has 0 spiro atoms. The monoisotopic (exact) mass is 336 g/mol. The molecule has 6 heteroatoms. The van der Waals surface area contributed by atoms with E-state index in [4.69, 9.17) is 4.74 Å². The molecule has 0 saturated heterocycles. The summed E-state index contributed by atoms with van der Waals surface area (Å²) in [7, 11) is 1.74. The standard InChI is InChI=1S/C18H28N2O4/c1-8-15(22)20(11(3)4)10-14(21)16-12(5)17(18(23)24-9-2)19(7)13(16)6/h11H,8-10H2,1-7H3. The van der Waals surface area contributed by atoms with Crippen molar-refractivity contribution in [2.45, 2.75) is 54.0 Å². The van der Waals surface area contributed by atoms with Crippen LogP contribution in [-0.4, -0.2) is 46.3 Å². The lowest BCUT2D eigenvalue weighted by Gasteiger charge is -2.25. The Morgan fingerprint density at radius 1 is 1.17 bits per heavy atom. The van der Waals surface area contributed by atoms with Crippen molar-refractivity contribution in [1.82, 2.24) is 9.47 Å². The first kappa shape index (κ1) is 19.9. The third-order valence-electron chi connectivity index (χ3n) is 4.24. The van der Waals surface area contributed by atoms with Crippen LogP contribution in [0.5, 0.6) is 0 Å². The van der Waals surface area contributed by atoms with Gasteiger partial charge in [-0.15, -0.1) is 0 Å². The first-order valence-corrected chi connectivity index (χ1v) is 8.32. The van der Waals surface area contributed by atoms with Crippen LogP contribution in [0.1, 0.15) is 66.2 Å². The maximum atomic E-state index is 12.8. The molecule has 1 rings (SSSR count). The van der Waals surface area contributed by atoms with Gasteiger partial charge in [-0.25, -0.2) is 4.79 Å². The number of carbonyl (C=O) groups excluding carboxylic acids is 3. The SMILES string of the molecule is CCOC(=O)c1c(C)c(C(=O)CN(C(=O)CC)C(C)C)c(C)n1C. The third kappa shape index (κ3) is 3.86. The highest BCUT2D eigenvalue weighted by Crippen LogP contribution is 2.23. The molecular weight excluding hydrogens is 308 g/mol. The van der Waals surface area contributed by atoms with E-state index >= 15 is 0 Å². The van der Waals surface area contributed by atoms with Crippen molar-refractivity contribution in [3.63, 3.8) is 0 Å². The van der Waals surface area contributed by atoms with Crippen LogP contribution in [0.3, 0.4) is 0 Å². The summed E-state index contributed by atoms with van der Waals surface area (Å²) in [6.45, 7) is 11.1. The molecular formula is C18H28N2O4. The molecule has 134 valence electrons. The van der Waals surface area contributed by atoms with Crippen molar-refractivity contribution < 1.29 is 19.1 Å². The number of ketones is 1. The van der Waals surface area contributed by atoms with Gasteiger partial charge in [0.25, 0.3) is 0 Å². The van der Waals surface area contributed by atoms with Crippen molar-refractivity contribution in [3.05, 3.63) is 22.5 Å². The Balaban J connectivity index is 3.22. The molecule has 24 heavy (non-hydrogen) atoms. The van der Waals surface area contributed by atoms with Gasteiger partial charge < -0.3 is 14.2 Å². The molecule has 1 heterocycles. The number of Topliss-reactive ketones (excluding diaryl/α,β-unsaturated/α-hetero) is 1. The van der Waals surface area contributed by atoms with Crippen LogP contribution >= 0.6 is 0 Å². The maximum Gasteiger partial charge on any atom is 0.355 e. The molecule has 0 N–H and O–H groups in total. The molecule has 6 nitrogen and oxygen atoms in total. The minimum absolute atomic E-state index is 0.0122. The van der Waals surface area contributed by atoms with Gasteiger partial charge in [-0.1, -0.05) is 6.92 Å². The van der Waals surface area contributed by atoms with Crippen molar-refractivity contribution >= 4 is 17.7 Å². The Hall–Kier alpha value is -2.11. The Morgan fingerprint density at radius 2 is 1.75 bits per heavy atom. The number of esters is 1. The predicted octanol–water partition coefficient (Wildman–Crippen LogP) is 2.65. The molecule has 0 unspecified atom stereocenters. The predicted molar refractivity (Wildman–Crippen MR) is 92.3 cm³/mol. The molecule has 0 aromatic carbocycles. The van der Waals surface area contributed by atoms with Crippen molar-refractivity contribution in [3.8, 4) is 0 Å². The lowest BCUT2D eigenvalue weighted by molar-refractivity contribution is -0.132. The topological polar surface area (TPSA) is 68.6 Å². The number of ether oxygens (including phenoxy) is 1. The van der Waals surface area contributed by atoms with E-state index in [1.54, 1.807) is 44.2 Å². The largest absolute Gasteiger partial charge is 0.461 e. The van der Waals surface area contributed by atoms with Crippen LogP contribution in [-0.2, 0) is 16.6 Å². The van der Waals surface area contributed by atoms with Gasteiger partial charge in [0, 0.05) is 30.8 Å². The number of amides is 1. The van der Waals surface area contributed by atoms with E-state index in [1.165, 1.54) is 0 Å². The van der Waals surface area contributed by atoms with E-state index in [9.17, 15) is 14.4 Å². The smallest absolute Gasteiger partial charge is 0.355 e. The number of hydrogen-bond acceptors (Lipinski definition) is 4. The van der Waals surface area contributed by atoms with Crippen molar-refractivity contribution in [1.29, 1.82) is 0 Å². The second-order valence-corrected chi connectivity index (χ2v) is 6.11. The zero-order valence-corrected chi connectivity index (χ0v) is 15.7. The van der Waals surface area contributed by atoms with Crippen LogP contribution in [0.25, 0.3) is 0 Å². The van der Waals surface area contributed by atoms with Crippen molar-refractivity contribution in [2.75, 3.05) is 13.2 Å². The van der Waals surface area contributed by atoms with Crippen LogP contribution in [0.4, 0.5) is 0 Å². The van der Waals surface area contributed by atoms with Crippen LogP contribution in [0, 0.1) is 13.8 Å². The fourth-order valence-corrected chi connectivity index (χ4v) is 2.87. The summed E-state index contributed by atoms with van der Waals surface area (Å²) < 4.78 is 6.76. The lowest BCUT2D eigenvalue weighted by atomic mass is 10.0. The third-order valence-corrected chi connectivity index (χ3v) is 4.24. The fraction of sp³-hybridized carbons (Fsp3) is 0.611. The van der Waals surface area contributed by atoms with E-state index in [0.717, 1.165) is 0 Å². The van der Waals surface area contributed by atoms with Crippen LogP contribution < -0.4 is 0 Å². The zero-order valence-electron chi connectivity index (χ0n) is 15.7. The molecule has 0 radical (unpaired) electrons. The van der Waals surface area contributed by atoms with Gasteiger partial charge in [0.2, 0.25) is 5.91 Å². The molecule has 0 aliphatic rings. The number of rotatable bonds is 7. The quantitative estimate of drug-likeness (QED) is 0.567. The fourth-order valence-electron chi connectivity index (χ4n) is 2.87. The van der Waals surface area contributed by atoms with E-state index in [2.05, 4.69) is 0 Å². The minimum atomic E-state index is -0.440. The first-order valence-electron chi connectivity index (χ1n) is 8.32. The van der Waals surface area contributed by atoms with Gasteiger partial charge in [-0.2, -0.15) is 0 Å². The summed E-state index contributed by atoms with van der Waals surface area (Å²) in [6, 6.07) is -0.0600. The van der Waals surface area contributed by atoms with Gasteiger partial charge in [0.05, 0.1) is 13.2 Å². The van der Waals surface area contributed by atoms with E-state index < -0.39 is 5.97 Å². The number of hydrogen-bond donors (Lipinski definition) is 0. The average molecular weight is 336 g/mol. The molecule has 0 bridgehead atoms. The van der Waals surface area contributed by atoms with Crippen LogP contribution in [0.15, 0.2) is 0 Å². The molecule has 0 aliphatic carbocycles. The maximum absolute atomic E-state index is 12.8. The van der Waals surface area contributed by atoms with E-state index in [-0.39, 0.29) is 30.9 Å². The average Bonchev–Trinajstić information content (AvgIpc) is 2.73. The Bertz CT molecular complexity index is 644. The van der Waals surface area contributed by atoms with Crippen LogP contribution in [0.2, 0.25) is 0 Å². The molecule has 1 aromatic heterocycles. The summed E-state index contributed by atoms with van der Waals surface area (Å²) in [5, 5.41) is 0. The molecule has 1 amide bonds. The highest BCUT2D eigenvalue weighted by Gasteiger charge is 2.28. The lowest BCUT2D eigenvalue weighted by Crippen LogP contribution is -2.40. The van der Waals surface area contributed by atoms with Crippen molar-refractivity contribution in [2.24, 2.45) is 7.05 Å². The molecule has 0 aliphatic heterocycles. The summed E-state index contributed by atoms with van der Waals surface area (Å²) >= 11 is 0. The number of carbonyl (C=O) groups is 3. The molecule has 1 aromatic rings. The highest BCUT2D eigenvalue weighted by molar-refractivity contribution is 6.04.